The highest BCUT2D eigenvalue weighted by Gasteiger charge is 2.60. The normalized spacial score (nSPS) is 35.8. The van der Waals surface area contributed by atoms with Gasteiger partial charge in [-0.1, -0.05) is 26.8 Å². The molecule has 0 aromatic carbocycles. The van der Waals surface area contributed by atoms with Gasteiger partial charge in [-0.2, -0.15) is 0 Å². The van der Waals surface area contributed by atoms with Crippen LogP contribution in [-0.2, 0) is 6.54 Å². The second kappa shape index (κ2) is 4.31. The van der Waals surface area contributed by atoms with Gasteiger partial charge in [-0.3, -0.25) is 4.98 Å². The third kappa shape index (κ3) is 1.92. The molecule has 1 aromatic heterocycles. The smallest absolute Gasteiger partial charge is 0.0541 e. The molecule has 3 atom stereocenters. The number of aromatic nitrogens is 1. The standard InChI is InChI=1S/C17H26N2/c1-12-5-6-14(18-10-12)11-19-15-9-13-7-8-17(15,4)16(13,2)3/h5-6,10,13,15,19H,7-9,11H2,1-4H3. The van der Waals surface area contributed by atoms with E-state index in [-0.39, 0.29) is 0 Å². The quantitative estimate of drug-likeness (QED) is 0.894. The first-order valence-electron chi connectivity index (χ1n) is 7.58. The molecule has 2 aliphatic rings. The fourth-order valence-electron chi connectivity index (χ4n) is 4.34. The van der Waals surface area contributed by atoms with Gasteiger partial charge in [0.1, 0.15) is 0 Å². The first-order valence-corrected chi connectivity index (χ1v) is 7.58. The highest BCUT2D eigenvalue weighted by molar-refractivity contribution is 5.15. The molecule has 2 heteroatoms. The van der Waals surface area contributed by atoms with Crippen molar-refractivity contribution in [2.75, 3.05) is 0 Å². The molecule has 2 bridgehead atoms. The van der Waals surface area contributed by atoms with Gasteiger partial charge in [-0.05, 0) is 54.6 Å². The third-order valence-corrected chi connectivity index (χ3v) is 6.30. The van der Waals surface area contributed by atoms with E-state index >= 15 is 0 Å². The Balaban J connectivity index is 1.67. The summed E-state index contributed by atoms with van der Waals surface area (Å²) in [5.41, 5.74) is 3.35. The van der Waals surface area contributed by atoms with Gasteiger partial charge in [0.2, 0.25) is 0 Å². The maximum absolute atomic E-state index is 4.50. The molecule has 3 rings (SSSR count). The van der Waals surface area contributed by atoms with Crippen LogP contribution in [-0.4, -0.2) is 11.0 Å². The lowest BCUT2D eigenvalue weighted by molar-refractivity contribution is 0.120. The Bertz CT molecular complexity index is 463. The summed E-state index contributed by atoms with van der Waals surface area (Å²) in [6.07, 6.45) is 6.10. The summed E-state index contributed by atoms with van der Waals surface area (Å²) in [6, 6.07) is 4.95. The topological polar surface area (TPSA) is 24.9 Å². The number of rotatable bonds is 3. The van der Waals surface area contributed by atoms with E-state index < -0.39 is 0 Å². The van der Waals surface area contributed by atoms with E-state index in [0.29, 0.717) is 16.9 Å². The molecule has 2 fully saturated rings. The zero-order valence-corrected chi connectivity index (χ0v) is 12.7. The summed E-state index contributed by atoms with van der Waals surface area (Å²) in [7, 11) is 0. The minimum atomic E-state index is 0.461. The zero-order chi connectivity index (χ0) is 13.7. The average Bonchev–Trinajstić information content (AvgIpc) is 2.71. The summed E-state index contributed by atoms with van der Waals surface area (Å²) in [5, 5.41) is 3.78. The summed E-state index contributed by atoms with van der Waals surface area (Å²) in [5.74, 6) is 0.904. The van der Waals surface area contributed by atoms with E-state index in [4.69, 9.17) is 0 Å². The van der Waals surface area contributed by atoms with Crippen LogP contribution in [0.3, 0.4) is 0 Å². The molecule has 2 saturated carbocycles. The van der Waals surface area contributed by atoms with Gasteiger partial charge in [-0.25, -0.2) is 0 Å². The minimum Gasteiger partial charge on any atom is -0.308 e. The second-order valence-corrected chi connectivity index (χ2v) is 7.37. The van der Waals surface area contributed by atoms with Crippen molar-refractivity contribution < 1.29 is 0 Å². The third-order valence-electron chi connectivity index (χ3n) is 6.30. The highest BCUT2D eigenvalue weighted by Crippen LogP contribution is 2.65. The number of aryl methyl sites for hydroxylation is 1. The van der Waals surface area contributed by atoms with Gasteiger partial charge in [0.25, 0.3) is 0 Å². The molecule has 0 aliphatic heterocycles. The van der Waals surface area contributed by atoms with Crippen LogP contribution in [0.15, 0.2) is 18.3 Å². The van der Waals surface area contributed by atoms with Gasteiger partial charge >= 0.3 is 0 Å². The number of hydrogen-bond donors (Lipinski definition) is 1. The Hall–Kier alpha value is -0.890. The molecule has 0 saturated heterocycles. The number of fused-ring (bicyclic) bond motifs is 2. The molecule has 19 heavy (non-hydrogen) atoms. The molecule has 1 N–H and O–H groups in total. The average molecular weight is 258 g/mol. The first-order chi connectivity index (χ1) is 8.93. The van der Waals surface area contributed by atoms with E-state index in [9.17, 15) is 0 Å². The second-order valence-electron chi connectivity index (χ2n) is 7.37. The largest absolute Gasteiger partial charge is 0.308 e. The van der Waals surface area contributed by atoms with Gasteiger partial charge < -0.3 is 5.32 Å². The fraction of sp³-hybridized carbons (Fsp3) is 0.706. The van der Waals surface area contributed by atoms with Gasteiger partial charge in [0.05, 0.1) is 5.69 Å². The summed E-state index contributed by atoms with van der Waals surface area (Å²) >= 11 is 0. The predicted molar refractivity (Wildman–Crippen MR) is 78.8 cm³/mol. The van der Waals surface area contributed by atoms with E-state index in [1.165, 1.54) is 24.8 Å². The highest BCUT2D eigenvalue weighted by atomic mass is 15.0. The first kappa shape index (κ1) is 13.1. The maximum Gasteiger partial charge on any atom is 0.0541 e. The summed E-state index contributed by atoms with van der Waals surface area (Å²) in [4.78, 5) is 4.50. The van der Waals surface area contributed by atoms with E-state index in [1.807, 2.05) is 6.20 Å². The molecule has 2 nitrogen and oxygen atoms in total. The lowest BCUT2D eigenvalue weighted by atomic mass is 9.69. The molecule has 0 spiro atoms. The number of nitrogens with one attached hydrogen (secondary N) is 1. The number of nitrogens with zero attached hydrogens (tertiary/aromatic N) is 1. The van der Waals surface area contributed by atoms with Crippen LogP contribution in [0.25, 0.3) is 0 Å². The summed E-state index contributed by atoms with van der Waals surface area (Å²) < 4.78 is 0. The molecule has 0 amide bonds. The number of pyridine rings is 1. The molecular weight excluding hydrogens is 232 g/mol. The lowest BCUT2D eigenvalue weighted by Crippen LogP contribution is -2.44. The Morgan fingerprint density at radius 2 is 2.11 bits per heavy atom. The van der Waals surface area contributed by atoms with Crippen molar-refractivity contribution in [2.24, 2.45) is 16.7 Å². The minimum absolute atomic E-state index is 0.461. The van der Waals surface area contributed by atoms with Gasteiger partial charge in [0, 0.05) is 18.8 Å². The van der Waals surface area contributed by atoms with Crippen molar-refractivity contribution >= 4 is 0 Å². The molecule has 1 heterocycles. The fourth-order valence-corrected chi connectivity index (χ4v) is 4.34. The van der Waals surface area contributed by atoms with Crippen LogP contribution in [0, 0.1) is 23.7 Å². The molecule has 1 aromatic rings. The van der Waals surface area contributed by atoms with E-state index in [0.717, 1.165) is 18.2 Å². The van der Waals surface area contributed by atoms with Gasteiger partial charge in [0.15, 0.2) is 0 Å². The van der Waals surface area contributed by atoms with Crippen LogP contribution in [0.2, 0.25) is 0 Å². The van der Waals surface area contributed by atoms with Crippen molar-refractivity contribution in [3.05, 3.63) is 29.6 Å². The Kier molecular flexibility index (Phi) is 2.97. The number of hydrogen-bond acceptors (Lipinski definition) is 2. The molecule has 2 aliphatic carbocycles. The molecule has 0 radical (unpaired) electrons. The maximum atomic E-state index is 4.50. The van der Waals surface area contributed by atoms with Crippen molar-refractivity contribution in [1.82, 2.24) is 10.3 Å². The summed E-state index contributed by atoms with van der Waals surface area (Å²) in [6.45, 7) is 10.4. The zero-order valence-electron chi connectivity index (χ0n) is 12.7. The SMILES string of the molecule is Cc1ccc(CNC2CC3CCC2(C)C3(C)C)nc1. The van der Waals surface area contributed by atoms with Gasteiger partial charge in [-0.15, -0.1) is 0 Å². The van der Waals surface area contributed by atoms with Crippen LogP contribution in [0.1, 0.15) is 51.3 Å². The lowest BCUT2D eigenvalue weighted by Gasteiger charge is -2.39. The van der Waals surface area contributed by atoms with Crippen molar-refractivity contribution in [2.45, 2.75) is 59.5 Å². The Morgan fingerprint density at radius 1 is 1.32 bits per heavy atom. The molecule has 3 unspecified atom stereocenters. The van der Waals surface area contributed by atoms with Crippen LogP contribution in [0.5, 0.6) is 0 Å². The van der Waals surface area contributed by atoms with E-state index in [2.05, 4.69) is 50.1 Å². The Morgan fingerprint density at radius 3 is 2.63 bits per heavy atom. The monoisotopic (exact) mass is 258 g/mol. The van der Waals surface area contributed by atoms with E-state index in [1.54, 1.807) is 0 Å². The van der Waals surface area contributed by atoms with Crippen molar-refractivity contribution in [3.8, 4) is 0 Å². The molecule has 104 valence electrons. The molecular formula is C17H26N2. The van der Waals surface area contributed by atoms with Crippen LogP contribution >= 0.6 is 0 Å². The van der Waals surface area contributed by atoms with Crippen LogP contribution < -0.4 is 5.32 Å². The van der Waals surface area contributed by atoms with Crippen molar-refractivity contribution in [1.29, 1.82) is 0 Å². The Labute approximate surface area is 117 Å². The van der Waals surface area contributed by atoms with Crippen molar-refractivity contribution in [3.63, 3.8) is 0 Å². The predicted octanol–water partition coefficient (Wildman–Crippen LogP) is 3.69. The van der Waals surface area contributed by atoms with Crippen LogP contribution in [0.4, 0.5) is 0 Å².